The van der Waals surface area contributed by atoms with E-state index in [4.69, 9.17) is 5.73 Å². The fraction of sp³-hybridized carbons (Fsp3) is 0.625. The van der Waals surface area contributed by atoms with Crippen LogP contribution in [0.1, 0.15) is 24.4 Å². The van der Waals surface area contributed by atoms with Gasteiger partial charge in [0.2, 0.25) is 0 Å². The van der Waals surface area contributed by atoms with E-state index in [1.807, 2.05) is 6.92 Å². The number of nitrogens with two attached hydrogens (primary N) is 1. The van der Waals surface area contributed by atoms with Crippen molar-refractivity contribution in [1.29, 1.82) is 0 Å². The first-order valence-corrected chi connectivity index (χ1v) is 4.10. The van der Waals surface area contributed by atoms with Crippen LogP contribution < -0.4 is 5.73 Å². The van der Waals surface area contributed by atoms with Crippen LogP contribution in [0.15, 0.2) is 0 Å². The Morgan fingerprint density at radius 1 is 1.45 bits per heavy atom. The minimum Gasteiger partial charge on any atom is -0.382 e. The second-order valence-corrected chi connectivity index (χ2v) is 3.10. The number of nitrogen functional groups attached to an aromatic ring is 1. The molecule has 2 rings (SSSR count). The highest BCUT2D eigenvalue weighted by Gasteiger charge is 2.14. The van der Waals surface area contributed by atoms with E-state index < -0.39 is 0 Å². The second-order valence-electron chi connectivity index (χ2n) is 3.10. The van der Waals surface area contributed by atoms with Crippen LogP contribution in [0, 0.1) is 6.92 Å². The summed E-state index contributed by atoms with van der Waals surface area (Å²) in [6.07, 6.45) is 3.63. The first-order chi connectivity index (χ1) is 5.29. The maximum atomic E-state index is 5.73. The minimum atomic E-state index is 0.738. The lowest BCUT2D eigenvalue weighted by Gasteiger charge is -2.15. The SMILES string of the molecule is Cc1nc(N)c2n1CCCC2. The van der Waals surface area contributed by atoms with E-state index in [-0.39, 0.29) is 0 Å². The van der Waals surface area contributed by atoms with Crippen molar-refractivity contribution in [3.05, 3.63) is 11.5 Å². The standard InChI is InChI=1S/C8H13N3/c1-6-10-8(9)7-4-2-3-5-11(6)7/h2-5,9H2,1H3. The summed E-state index contributed by atoms with van der Waals surface area (Å²) in [7, 11) is 0. The Kier molecular flexibility index (Phi) is 1.37. The molecule has 3 heteroatoms. The highest BCUT2D eigenvalue weighted by Crippen LogP contribution is 2.21. The fourth-order valence-electron chi connectivity index (χ4n) is 1.75. The molecule has 11 heavy (non-hydrogen) atoms. The molecule has 60 valence electrons. The smallest absolute Gasteiger partial charge is 0.145 e. The van der Waals surface area contributed by atoms with E-state index in [1.165, 1.54) is 18.5 Å². The van der Waals surface area contributed by atoms with Gasteiger partial charge in [-0.25, -0.2) is 4.98 Å². The first kappa shape index (κ1) is 6.70. The zero-order chi connectivity index (χ0) is 7.84. The lowest BCUT2D eigenvalue weighted by atomic mass is 10.1. The number of rotatable bonds is 0. The molecule has 0 bridgehead atoms. The fourth-order valence-corrected chi connectivity index (χ4v) is 1.75. The van der Waals surface area contributed by atoms with Gasteiger partial charge in [-0.3, -0.25) is 0 Å². The van der Waals surface area contributed by atoms with Gasteiger partial charge in [0.25, 0.3) is 0 Å². The number of imidazole rings is 1. The molecule has 0 radical (unpaired) electrons. The monoisotopic (exact) mass is 151 g/mol. The summed E-state index contributed by atoms with van der Waals surface area (Å²) in [6.45, 7) is 3.12. The van der Waals surface area contributed by atoms with Crippen molar-refractivity contribution in [3.63, 3.8) is 0 Å². The van der Waals surface area contributed by atoms with E-state index in [9.17, 15) is 0 Å². The summed E-state index contributed by atoms with van der Waals surface area (Å²) in [5, 5.41) is 0. The van der Waals surface area contributed by atoms with Crippen LogP contribution in [0.25, 0.3) is 0 Å². The molecule has 1 aromatic rings. The highest BCUT2D eigenvalue weighted by molar-refractivity contribution is 5.37. The van der Waals surface area contributed by atoms with Gasteiger partial charge in [0.05, 0.1) is 5.69 Å². The van der Waals surface area contributed by atoms with E-state index in [0.29, 0.717) is 0 Å². The maximum Gasteiger partial charge on any atom is 0.145 e. The average molecular weight is 151 g/mol. The normalized spacial score (nSPS) is 16.5. The van der Waals surface area contributed by atoms with Crippen molar-refractivity contribution in [1.82, 2.24) is 9.55 Å². The Morgan fingerprint density at radius 2 is 2.27 bits per heavy atom. The topological polar surface area (TPSA) is 43.8 Å². The van der Waals surface area contributed by atoms with Crippen molar-refractivity contribution in [2.45, 2.75) is 32.7 Å². The van der Waals surface area contributed by atoms with Crippen molar-refractivity contribution in [3.8, 4) is 0 Å². The molecule has 0 fully saturated rings. The first-order valence-electron chi connectivity index (χ1n) is 4.10. The Labute approximate surface area is 66.2 Å². The molecule has 0 amide bonds. The lowest BCUT2D eigenvalue weighted by Crippen LogP contribution is -2.11. The van der Waals surface area contributed by atoms with Gasteiger partial charge in [0, 0.05) is 6.54 Å². The molecular weight excluding hydrogens is 138 g/mol. The summed E-state index contributed by atoms with van der Waals surface area (Å²) in [4.78, 5) is 4.23. The molecule has 0 saturated carbocycles. The van der Waals surface area contributed by atoms with Crippen LogP contribution in [-0.2, 0) is 13.0 Å². The third kappa shape index (κ3) is 0.914. The number of fused-ring (bicyclic) bond motifs is 1. The van der Waals surface area contributed by atoms with Crippen LogP contribution in [0.4, 0.5) is 5.82 Å². The Balaban J connectivity index is 2.52. The Bertz CT molecular complexity index is 249. The van der Waals surface area contributed by atoms with E-state index in [2.05, 4.69) is 9.55 Å². The molecule has 2 N–H and O–H groups in total. The third-order valence-electron chi connectivity index (χ3n) is 2.34. The molecule has 2 heterocycles. The molecule has 0 atom stereocenters. The van der Waals surface area contributed by atoms with Gasteiger partial charge in [-0.15, -0.1) is 0 Å². The maximum absolute atomic E-state index is 5.73. The zero-order valence-electron chi connectivity index (χ0n) is 6.80. The summed E-state index contributed by atoms with van der Waals surface area (Å²) >= 11 is 0. The lowest BCUT2D eigenvalue weighted by molar-refractivity contribution is 0.523. The number of aryl methyl sites for hydroxylation is 1. The molecule has 0 aromatic carbocycles. The summed E-state index contributed by atoms with van der Waals surface area (Å²) in [5.41, 5.74) is 6.97. The number of aromatic nitrogens is 2. The van der Waals surface area contributed by atoms with Crippen LogP contribution >= 0.6 is 0 Å². The molecule has 1 aliphatic heterocycles. The van der Waals surface area contributed by atoms with Crippen LogP contribution in [0.5, 0.6) is 0 Å². The van der Waals surface area contributed by atoms with Crippen molar-refractivity contribution >= 4 is 5.82 Å². The number of hydrogen-bond donors (Lipinski definition) is 1. The van der Waals surface area contributed by atoms with Crippen LogP contribution in [0.3, 0.4) is 0 Å². The number of anilines is 1. The van der Waals surface area contributed by atoms with E-state index in [1.54, 1.807) is 0 Å². The van der Waals surface area contributed by atoms with Crippen LogP contribution in [-0.4, -0.2) is 9.55 Å². The van der Waals surface area contributed by atoms with Gasteiger partial charge < -0.3 is 10.3 Å². The third-order valence-corrected chi connectivity index (χ3v) is 2.34. The van der Waals surface area contributed by atoms with Crippen molar-refractivity contribution in [2.24, 2.45) is 0 Å². The molecule has 0 spiro atoms. The Morgan fingerprint density at radius 3 is 3.00 bits per heavy atom. The highest BCUT2D eigenvalue weighted by atomic mass is 15.1. The van der Waals surface area contributed by atoms with Gasteiger partial charge in [-0.1, -0.05) is 0 Å². The minimum absolute atomic E-state index is 0.738. The van der Waals surface area contributed by atoms with Crippen LogP contribution in [0.2, 0.25) is 0 Å². The molecule has 0 aliphatic carbocycles. The molecule has 1 aliphatic rings. The van der Waals surface area contributed by atoms with Gasteiger partial charge in [-0.05, 0) is 26.2 Å². The predicted molar refractivity (Wildman–Crippen MR) is 44.3 cm³/mol. The van der Waals surface area contributed by atoms with Crippen molar-refractivity contribution < 1.29 is 0 Å². The molecule has 3 nitrogen and oxygen atoms in total. The van der Waals surface area contributed by atoms with Crippen molar-refractivity contribution in [2.75, 3.05) is 5.73 Å². The molecular formula is C8H13N3. The number of nitrogens with zero attached hydrogens (tertiary/aromatic N) is 2. The number of hydrogen-bond acceptors (Lipinski definition) is 2. The molecule has 1 aromatic heterocycles. The van der Waals surface area contributed by atoms with E-state index >= 15 is 0 Å². The summed E-state index contributed by atoms with van der Waals surface area (Å²) in [5.74, 6) is 1.81. The summed E-state index contributed by atoms with van der Waals surface area (Å²) in [6, 6.07) is 0. The van der Waals surface area contributed by atoms with Gasteiger partial charge in [0.15, 0.2) is 0 Å². The predicted octanol–water partition coefficient (Wildman–Crippen LogP) is 1.11. The van der Waals surface area contributed by atoms with E-state index in [0.717, 1.165) is 24.6 Å². The van der Waals surface area contributed by atoms with Gasteiger partial charge in [0.1, 0.15) is 11.6 Å². The average Bonchev–Trinajstić information content (AvgIpc) is 2.30. The van der Waals surface area contributed by atoms with Gasteiger partial charge in [-0.2, -0.15) is 0 Å². The summed E-state index contributed by atoms with van der Waals surface area (Å²) < 4.78 is 2.23. The quantitative estimate of drug-likeness (QED) is 0.603. The largest absolute Gasteiger partial charge is 0.382 e. The zero-order valence-corrected chi connectivity index (χ0v) is 6.80. The molecule has 0 saturated heterocycles. The second kappa shape index (κ2) is 2.26. The van der Waals surface area contributed by atoms with Gasteiger partial charge >= 0.3 is 0 Å². The molecule has 0 unspecified atom stereocenters. The Hall–Kier alpha value is -0.990.